The standard InChI is InChI=1S/C20H39N5O2.HI/c1-4-27-15-7-12-21-20(22-16-19(26)24(2)3)23-17-10-13-25(14-11-17)18-8-5-6-9-18;/h17-18H,4-16H2,1-3H3,(H2,21,22,23);1H. The zero-order valence-electron chi connectivity index (χ0n) is 17.9. The molecular formula is C20H40IN5O2. The van der Waals surface area contributed by atoms with Gasteiger partial charge in [0, 0.05) is 59.0 Å². The maximum absolute atomic E-state index is 11.9. The Bertz CT molecular complexity index is 462. The number of nitrogens with one attached hydrogen (secondary N) is 2. The van der Waals surface area contributed by atoms with Crippen LogP contribution in [0.2, 0.25) is 0 Å². The minimum absolute atomic E-state index is 0. The fourth-order valence-electron chi connectivity index (χ4n) is 3.84. The molecule has 2 rings (SSSR count). The molecule has 28 heavy (non-hydrogen) atoms. The number of carbonyl (C=O) groups is 1. The highest BCUT2D eigenvalue weighted by Crippen LogP contribution is 2.26. The topological polar surface area (TPSA) is 69.2 Å². The second-order valence-corrected chi connectivity index (χ2v) is 7.82. The van der Waals surface area contributed by atoms with Crippen molar-refractivity contribution in [3.63, 3.8) is 0 Å². The van der Waals surface area contributed by atoms with Gasteiger partial charge in [-0.05, 0) is 39.0 Å². The summed E-state index contributed by atoms with van der Waals surface area (Å²) in [6.07, 6.45) is 8.74. The Morgan fingerprint density at radius 2 is 1.86 bits per heavy atom. The first-order valence-corrected chi connectivity index (χ1v) is 10.7. The summed E-state index contributed by atoms with van der Waals surface area (Å²) < 4.78 is 5.39. The molecule has 0 aromatic rings. The van der Waals surface area contributed by atoms with E-state index in [-0.39, 0.29) is 36.4 Å². The molecule has 0 aromatic heterocycles. The number of carbonyl (C=O) groups excluding carboxylic acids is 1. The molecule has 1 saturated heterocycles. The van der Waals surface area contributed by atoms with Gasteiger partial charge < -0.3 is 25.2 Å². The fraction of sp³-hybridized carbons (Fsp3) is 0.900. The quantitative estimate of drug-likeness (QED) is 0.216. The third-order valence-corrected chi connectivity index (χ3v) is 5.54. The van der Waals surface area contributed by atoms with Crippen LogP contribution < -0.4 is 10.6 Å². The van der Waals surface area contributed by atoms with E-state index in [1.807, 2.05) is 6.92 Å². The zero-order chi connectivity index (χ0) is 19.5. The van der Waals surface area contributed by atoms with E-state index in [4.69, 9.17) is 4.74 Å². The van der Waals surface area contributed by atoms with Crippen LogP contribution in [0.4, 0.5) is 0 Å². The highest BCUT2D eigenvalue weighted by atomic mass is 127. The van der Waals surface area contributed by atoms with Gasteiger partial charge in [-0.2, -0.15) is 0 Å². The first-order valence-electron chi connectivity index (χ1n) is 10.7. The Morgan fingerprint density at radius 1 is 1.18 bits per heavy atom. The third kappa shape index (κ3) is 9.26. The van der Waals surface area contributed by atoms with E-state index in [1.165, 1.54) is 25.7 Å². The lowest BCUT2D eigenvalue weighted by Gasteiger charge is -2.36. The molecule has 1 saturated carbocycles. The van der Waals surface area contributed by atoms with Crippen molar-refractivity contribution in [2.75, 3.05) is 53.5 Å². The molecule has 164 valence electrons. The van der Waals surface area contributed by atoms with E-state index in [9.17, 15) is 4.79 Å². The lowest BCUT2D eigenvalue weighted by atomic mass is 10.0. The number of hydrogen-bond donors (Lipinski definition) is 2. The van der Waals surface area contributed by atoms with Crippen molar-refractivity contribution < 1.29 is 9.53 Å². The fourth-order valence-corrected chi connectivity index (χ4v) is 3.84. The maximum atomic E-state index is 11.9. The second-order valence-electron chi connectivity index (χ2n) is 7.82. The van der Waals surface area contributed by atoms with Crippen LogP contribution in [0, 0.1) is 0 Å². The van der Waals surface area contributed by atoms with Gasteiger partial charge in [0.2, 0.25) is 5.91 Å². The molecule has 1 aliphatic carbocycles. The Hall–Kier alpha value is -0.610. The molecule has 0 unspecified atom stereocenters. The first-order chi connectivity index (χ1) is 13.1. The highest BCUT2D eigenvalue weighted by Gasteiger charge is 2.27. The van der Waals surface area contributed by atoms with Crippen LogP contribution in [0.15, 0.2) is 4.99 Å². The molecule has 8 heteroatoms. The molecule has 0 spiro atoms. The predicted octanol–water partition coefficient (Wildman–Crippen LogP) is 2.06. The minimum atomic E-state index is 0. The van der Waals surface area contributed by atoms with Crippen molar-refractivity contribution >= 4 is 35.8 Å². The smallest absolute Gasteiger partial charge is 0.243 e. The molecule has 1 heterocycles. The molecule has 0 bridgehead atoms. The van der Waals surface area contributed by atoms with Gasteiger partial charge in [-0.15, -0.1) is 24.0 Å². The molecule has 0 radical (unpaired) electrons. The van der Waals surface area contributed by atoms with Gasteiger partial charge in [0.1, 0.15) is 6.54 Å². The van der Waals surface area contributed by atoms with Crippen molar-refractivity contribution in [2.45, 2.75) is 64.0 Å². The van der Waals surface area contributed by atoms with E-state index in [2.05, 4.69) is 20.5 Å². The molecule has 2 N–H and O–H groups in total. The Labute approximate surface area is 188 Å². The van der Waals surface area contributed by atoms with E-state index >= 15 is 0 Å². The van der Waals surface area contributed by atoms with Crippen molar-refractivity contribution in [1.82, 2.24) is 20.4 Å². The molecule has 0 aromatic carbocycles. The van der Waals surface area contributed by atoms with Crippen molar-refractivity contribution in [3.05, 3.63) is 0 Å². The summed E-state index contributed by atoms with van der Waals surface area (Å²) in [5.74, 6) is 0.766. The summed E-state index contributed by atoms with van der Waals surface area (Å²) in [7, 11) is 3.53. The summed E-state index contributed by atoms with van der Waals surface area (Å²) in [4.78, 5) is 20.6. The number of guanidine groups is 1. The first kappa shape index (κ1) is 25.4. The number of likely N-dealkylation sites (tertiary alicyclic amines) is 1. The number of piperidine rings is 1. The van der Waals surface area contributed by atoms with Gasteiger partial charge in [-0.25, -0.2) is 4.99 Å². The lowest BCUT2D eigenvalue weighted by Crippen LogP contribution is -2.50. The number of likely N-dealkylation sites (N-methyl/N-ethyl adjacent to an activating group) is 1. The van der Waals surface area contributed by atoms with Crippen LogP contribution in [0.25, 0.3) is 0 Å². The van der Waals surface area contributed by atoms with Crippen LogP contribution in [0.5, 0.6) is 0 Å². The van der Waals surface area contributed by atoms with Crippen LogP contribution in [-0.4, -0.2) is 87.2 Å². The van der Waals surface area contributed by atoms with E-state index in [0.29, 0.717) is 6.04 Å². The molecule has 0 atom stereocenters. The van der Waals surface area contributed by atoms with E-state index in [0.717, 1.165) is 64.1 Å². The highest BCUT2D eigenvalue weighted by molar-refractivity contribution is 14.0. The minimum Gasteiger partial charge on any atom is -0.382 e. The third-order valence-electron chi connectivity index (χ3n) is 5.54. The van der Waals surface area contributed by atoms with Gasteiger partial charge in [0.15, 0.2) is 5.96 Å². The Balaban J connectivity index is 0.00000392. The van der Waals surface area contributed by atoms with Crippen molar-refractivity contribution in [1.29, 1.82) is 0 Å². The normalized spacial score (nSPS) is 19.3. The average Bonchev–Trinajstić information content (AvgIpc) is 3.20. The largest absolute Gasteiger partial charge is 0.382 e. The SMILES string of the molecule is CCOCCCNC(=NCC(=O)N(C)C)NC1CCN(C2CCCC2)CC1.I. The Morgan fingerprint density at radius 3 is 2.46 bits per heavy atom. The van der Waals surface area contributed by atoms with Crippen LogP contribution in [0.3, 0.4) is 0 Å². The van der Waals surface area contributed by atoms with Gasteiger partial charge in [-0.1, -0.05) is 12.8 Å². The average molecular weight is 509 g/mol. The monoisotopic (exact) mass is 509 g/mol. The zero-order valence-corrected chi connectivity index (χ0v) is 20.2. The van der Waals surface area contributed by atoms with Crippen LogP contribution in [0.1, 0.15) is 51.9 Å². The molecule has 2 fully saturated rings. The molecule has 2 aliphatic rings. The summed E-state index contributed by atoms with van der Waals surface area (Å²) in [6.45, 7) is 6.79. The number of hydrogen-bond acceptors (Lipinski definition) is 4. The van der Waals surface area contributed by atoms with Gasteiger partial charge >= 0.3 is 0 Å². The maximum Gasteiger partial charge on any atom is 0.243 e. The van der Waals surface area contributed by atoms with Gasteiger partial charge in [0.05, 0.1) is 0 Å². The number of rotatable bonds is 9. The summed E-state index contributed by atoms with van der Waals surface area (Å²) in [5.41, 5.74) is 0. The van der Waals surface area contributed by atoms with Gasteiger partial charge in [-0.3, -0.25) is 4.79 Å². The molecule has 7 nitrogen and oxygen atoms in total. The number of nitrogens with zero attached hydrogens (tertiary/aromatic N) is 3. The number of ether oxygens (including phenoxy) is 1. The summed E-state index contributed by atoms with van der Waals surface area (Å²) in [5, 5.41) is 6.91. The van der Waals surface area contributed by atoms with Crippen molar-refractivity contribution in [3.8, 4) is 0 Å². The lowest BCUT2D eigenvalue weighted by molar-refractivity contribution is -0.127. The second kappa shape index (κ2) is 14.4. The Kier molecular flexibility index (Phi) is 13.1. The summed E-state index contributed by atoms with van der Waals surface area (Å²) >= 11 is 0. The van der Waals surface area contributed by atoms with Crippen LogP contribution in [-0.2, 0) is 9.53 Å². The van der Waals surface area contributed by atoms with Gasteiger partial charge in [0.25, 0.3) is 0 Å². The number of amides is 1. The predicted molar refractivity (Wildman–Crippen MR) is 126 cm³/mol. The summed E-state index contributed by atoms with van der Waals surface area (Å²) in [6, 6.07) is 1.24. The number of halogens is 1. The molecular weight excluding hydrogens is 469 g/mol. The number of aliphatic imine (C=N–C) groups is 1. The van der Waals surface area contributed by atoms with E-state index in [1.54, 1.807) is 19.0 Å². The van der Waals surface area contributed by atoms with E-state index < -0.39 is 0 Å². The van der Waals surface area contributed by atoms with Crippen LogP contribution >= 0.6 is 24.0 Å². The molecule has 1 aliphatic heterocycles. The molecule has 1 amide bonds. The van der Waals surface area contributed by atoms with Crippen molar-refractivity contribution in [2.24, 2.45) is 4.99 Å².